The highest BCUT2D eigenvalue weighted by Crippen LogP contribution is 2.32. The van der Waals surface area contributed by atoms with E-state index in [1.165, 1.54) is 34.0 Å². The van der Waals surface area contributed by atoms with Gasteiger partial charge in [0.2, 0.25) is 0 Å². The summed E-state index contributed by atoms with van der Waals surface area (Å²) in [5.41, 5.74) is -1.19. The molecule has 6 rings (SSSR count). The Morgan fingerprint density at radius 3 is 2.43 bits per heavy atom. The van der Waals surface area contributed by atoms with Gasteiger partial charge in [0, 0.05) is 34.9 Å². The standard InChI is InChI=1S/C36H39Cl2F2N5O6/c1-21-17-44(34(48)51-35(2,3)4)28(18-50-21)22-5-8-24(9-6-22)45-29(38)16-27-31(45)41-20-43(33(27)47)19-36(49)11-13-42(14-12-36)32(46)25-10-7-23(37)15-26(25)30(39)40/h5-10,15-16,20-21,28,30,49H,11-14,17-19H2,1-4H3/t21-,28-/m0/s1. The van der Waals surface area contributed by atoms with Crippen molar-refractivity contribution in [3.8, 4) is 5.69 Å². The zero-order valence-electron chi connectivity index (χ0n) is 28.6. The molecular weight excluding hydrogens is 707 g/mol. The van der Waals surface area contributed by atoms with Gasteiger partial charge in [-0.05, 0) is 82.5 Å². The maximum atomic E-state index is 13.6. The maximum Gasteiger partial charge on any atom is 0.410 e. The van der Waals surface area contributed by atoms with Crippen LogP contribution in [0.5, 0.6) is 0 Å². The van der Waals surface area contributed by atoms with E-state index in [-0.39, 0.29) is 65.7 Å². The molecule has 0 radical (unpaired) electrons. The van der Waals surface area contributed by atoms with Gasteiger partial charge >= 0.3 is 6.09 Å². The highest BCUT2D eigenvalue weighted by Gasteiger charge is 2.37. The number of benzene rings is 2. The number of likely N-dealkylation sites (tertiary alicyclic amines) is 1. The van der Waals surface area contributed by atoms with Gasteiger partial charge in [-0.2, -0.15) is 0 Å². The summed E-state index contributed by atoms with van der Waals surface area (Å²) < 4.78 is 41.7. The van der Waals surface area contributed by atoms with Gasteiger partial charge in [-0.25, -0.2) is 18.6 Å². The Hall–Kier alpha value is -4.04. The summed E-state index contributed by atoms with van der Waals surface area (Å²) in [6.45, 7) is 8.16. The quantitative estimate of drug-likeness (QED) is 0.231. The summed E-state index contributed by atoms with van der Waals surface area (Å²) in [5, 5.41) is 12.0. The van der Waals surface area contributed by atoms with E-state index in [0.717, 1.165) is 11.6 Å². The smallest absolute Gasteiger partial charge is 0.410 e. The van der Waals surface area contributed by atoms with Gasteiger partial charge in [-0.3, -0.25) is 23.6 Å². The number of amides is 2. The Labute approximate surface area is 303 Å². The molecule has 4 aromatic rings. The molecule has 4 heterocycles. The average molecular weight is 747 g/mol. The van der Waals surface area contributed by atoms with Crippen LogP contribution in [0.25, 0.3) is 16.7 Å². The number of carbonyl (C=O) groups excluding carboxylic acids is 2. The van der Waals surface area contributed by atoms with E-state index in [2.05, 4.69) is 4.98 Å². The zero-order valence-corrected chi connectivity index (χ0v) is 30.1. The molecular formula is C36H39Cl2F2N5O6. The molecule has 0 saturated carbocycles. The van der Waals surface area contributed by atoms with Crippen LogP contribution < -0.4 is 5.56 Å². The van der Waals surface area contributed by atoms with Gasteiger partial charge in [0.15, 0.2) is 5.65 Å². The number of halogens is 4. The van der Waals surface area contributed by atoms with Crippen LogP contribution in [-0.2, 0) is 16.0 Å². The highest BCUT2D eigenvalue weighted by atomic mass is 35.5. The molecule has 15 heteroatoms. The average Bonchev–Trinajstić information content (AvgIpc) is 3.41. The van der Waals surface area contributed by atoms with Crippen LogP contribution in [0.2, 0.25) is 10.2 Å². The number of alkyl halides is 2. The van der Waals surface area contributed by atoms with E-state index < -0.39 is 40.8 Å². The third-order valence-electron chi connectivity index (χ3n) is 9.20. The molecule has 2 aromatic carbocycles. The van der Waals surface area contributed by atoms with E-state index in [0.29, 0.717) is 24.5 Å². The van der Waals surface area contributed by atoms with Crippen molar-refractivity contribution < 1.29 is 33.0 Å². The fraction of sp³-hybridized carbons (Fsp3) is 0.444. The number of piperidine rings is 1. The molecule has 51 heavy (non-hydrogen) atoms. The van der Waals surface area contributed by atoms with Gasteiger partial charge in [-0.15, -0.1) is 0 Å². The summed E-state index contributed by atoms with van der Waals surface area (Å²) in [7, 11) is 0. The third kappa shape index (κ3) is 7.76. The lowest BCUT2D eigenvalue weighted by atomic mass is 9.90. The first-order valence-electron chi connectivity index (χ1n) is 16.6. The molecule has 0 aliphatic carbocycles. The molecule has 2 saturated heterocycles. The highest BCUT2D eigenvalue weighted by molar-refractivity contribution is 6.31. The Morgan fingerprint density at radius 2 is 1.78 bits per heavy atom. The van der Waals surface area contributed by atoms with E-state index in [1.807, 2.05) is 52.0 Å². The van der Waals surface area contributed by atoms with Crippen LogP contribution in [0.1, 0.15) is 74.5 Å². The second-order valence-corrected chi connectivity index (χ2v) is 15.0. The van der Waals surface area contributed by atoms with Crippen molar-refractivity contribution in [3.63, 3.8) is 0 Å². The number of fused-ring (bicyclic) bond motifs is 1. The number of rotatable bonds is 6. The number of hydrogen-bond donors (Lipinski definition) is 1. The van der Waals surface area contributed by atoms with Gasteiger partial charge < -0.3 is 19.5 Å². The molecule has 272 valence electrons. The molecule has 1 N–H and O–H groups in total. The molecule has 2 fully saturated rings. The van der Waals surface area contributed by atoms with Crippen molar-refractivity contribution in [1.82, 2.24) is 23.9 Å². The van der Waals surface area contributed by atoms with Crippen LogP contribution in [-0.4, -0.2) is 84.6 Å². The summed E-state index contributed by atoms with van der Waals surface area (Å²) in [6, 6.07) is 12.3. The van der Waals surface area contributed by atoms with Crippen LogP contribution in [0, 0.1) is 0 Å². The summed E-state index contributed by atoms with van der Waals surface area (Å²) in [4.78, 5) is 47.4. The fourth-order valence-electron chi connectivity index (χ4n) is 6.57. The second kappa shape index (κ2) is 14.2. The largest absolute Gasteiger partial charge is 0.444 e. The monoisotopic (exact) mass is 745 g/mol. The summed E-state index contributed by atoms with van der Waals surface area (Å²) in [6.07, 6.45) is -1.86. The van der Waals surface area contributed by atoms with Gasteiger partial charge in [-0.1, -0.05) is 35.3 Å². The first-order valence-corrected chi connectivity index (χ1v) is 17.4. The summed E-state index contributed by atoms with van der Waals surface area (Å²) >= 11 is 12.5. The molecule has 0 bridgehead atoms. The van der Waals surface area contributed by atoms with Crippen molar-refractivity contribution >= 4 is 46.2 Å². The van der Waals surface area contributed by atoms with Crippen molar-refractivity contribution in [2.75, 3.05) is 26.2 Å². The fourth-order valence-corrected chi connectivity index (χ4v) is 7.04. The molecule has 2 aliphatic heterocycles. The molecule has 2 aliphatic rings. The van der Waals surface area contributed by atoms with Crippen molar-refractivity contribution in [2.24, 2.45) is 0 Å². The van der Waals surface area contributed by atoms with Crippen molar-refractivity contribution in [2.45, 2.75) is 76.9 Å². The Bertz CT molecular complexity index is 2000. The van der Waals surface area contributed by atoms with Gasteiger partial charge in [0.25, 0.3) is 17.9 Å². The minimum atomic E-state index is -2.88. The predicted octanol–water partition coefficient (Wildman–Crippen LogP) is 6.80. The number of hydrogen-bond acceptors (Lipinski definition) is 7. The number of aromatic nitrogens is 3. The second-order valence-electron chi connectivity index (χ2n) is 14.2. The van der Waals surface area contributed by atoms with Crippen LogP contribution in [0.3, 0.4) is 0 Å². The van der Waals surface area contributed by atoms with Gasteiger partial charge in [0.1, 0.15) is 17.1 Å². The Morgan fingerprint density at radius 1 is 1.10 bits per heavy atom. The number of carbonyl (C=O) groups is 2. The normalized spacial score (nSPS) is 19.5. The van der Waals surface area contributed by atoms with Crippen LogP contribution in [0.4, 0.5) is 13.6 Å². The molecule has 2 atom stereocenters. The van der Waals surface area contributed by atoms with Crippen LogP contribution in [0.15, 0.2) is 59.7 Å². The first-order chi connectivity index (χ1) is 24.0. The number of morpholine rings is 1. The van der Waals surface area contributed by atoms with E-state index in [1.54, 1.807) is 9.47 Å². The molecule has 0 spiro atoms. The Kier molecular flexibility index (Phi) is 10.2. The third-order valence-corrected chi connectivity index (χ3v) is 9.71. The minimum absolute atomic E-state index is 0.0895. The zero-order chi connectivity index (χ0) is 36.8. The van der Waals surface area contributed by atoms with Crippen molar-refractivity contribution in [1.29, 1.82) is 0 Å². The Balaban J connectivity index is 1.18. The summed E-state index contributed by atoms with van der Waals surface area (Å²) in [5.74, 6) is -0.574. The van der Waals surface area contributed by atoms with Crippen LogP contribution >= 0.6 is 23.2 Å². The predicted molar refractivity (Wildman–Crippen MR) is 188 cm³/mol. The molecule has 2 aromatic heterocycles. The van der Waals surface area contributed by atoms with Crippen molar-refractivity contribution in [3.05, 3.63) is 92.1 Å². The maximum absolute atomic E-state index is 13.6. The number of aliphatic hydroxyl groups is 1. The minimum Gasteiger partial charge on any atom is -0.444 e. The molecule has 0 unspecified atom stereocenters. The van der Waals surface area contributed by atoms with Gasteiger partial charge in [0.05, 0.1) is 42.8 Å². The van der Waals surface area contributed by atoms with E-state index >= 15 is 0 Å². The van der Waals surface area contributed by atoms with E-state index in [4.69, 9.17) is 32.7 Å². The SMILES string of the molecule is C[C@H]1CN(C(=O)OC(C)(C)C)[C@H](c2ccc(-n3c(Cl)cc4c(=O)n(CC5(O)CCN(C(=O)c6ccc(Cl)cc6C(F)F)CC5)cnc43)cc2)CO1. The molecule has 2 amide bonds. The first kappa shape index (κ1) is 36.7. The number of nitrogens with zero attached hydrogens (tertiary/aromatic N) is 5. The van der Waals surface area contributed by atoms with E-state index in [9.17, 15) is 28.3 Å². The molecule has 11 nitrogen and oxygen atoms in total. The lowest BCUT2D eigenvalue weighted by Crippen LogP contribution is -2.49. The lowest BCUT2D eigenvalue weighted by Gasteiger charge is -2.39. The lowest BCUT2D eigenvalue weighted by molar-refractivity contribution is -0.0644. The number of ether oxygens (including phenoxy) is 2. The topological polar surface area (TPSA) is 119 Å².